The van der Waals surface area contributed by atoms with E-state index in [9.17, 15) is 4.79 Å². The Kier molecular flexibility index (Phi) is 2.96. The van der Waals surface area contributed by atoms with Crippen LogP contribution in [0.1, 0.15) is 27.2 Å². The summed E-state index contributed by atoms with van der Waals surface area (Å²) >= 11 is 0. The van der Waals surface area contributed by atoms with Crippen LogP contribution in [-0.4, -0.2) is 25.3 Å². The lowest BCUT2D eigenvalue weighted by atomic mass is 9.77. The van der Waals surface area contributed by atoms with Gasteiger partial charge in [-0.25, -0.2) is 0 Å². The molecule has 1 aliphatic heterocycles. The highest BCUT2D eigenvalue weighted by Gasteiger charge is 2.43. The Morgan fingerprint density at radius 2 is 2.15 bits per heavy atom. The highest BCUT2D eigenvalue weighted by molar-refractivity contribution is 5.74. The molecule has 2 atom stereocenters. The molecule has 1 heterocycles. The van der Waals surface area contributed by atoms with Crippen LogP contribution in [-0.2, 0) is 14.3 Å². The summed E-state index contributed by atoms with van der Waals surface area (Å²) in [5.41, 5.74) is -0.384. The highest BCUT2D eigenvalue weighted by atomic mass is 16.5. The second-order valence-electron chi connectivity index (χ2n) is 4.22. The normalized spacial score (nSPS) is 32.6. The van der Waals surface area contributed by atoms with Crippen LogP contribution >= 0.6 is 0 Å². The molecule has 0 radical (unpaired) electrons. The average molecular weight is 186 g/mol. The molecule has 1 aliphatic rings. The minimum absolute atomic E-state index is 0.133. The van der Waals surface area contributed by atoms with E-state index in [-0.39, 0.29) is 17.5 Å². The van der Waals surface area contributed by atoms with E-state index < -0.39 is 0 Å². The summed E-state index contributed by atoms with van der Waals surface area (Å²) in [5, 5.41) is 0. The first-order valence-electron chi connectivity index (χ1n) is 4.71. The first-order valence-corrected chi connectivity index (χ1v) is 4.71. The van der Waals surface area contributed by atoms with Gasteiger partial charge in [-0.15, -0.1) is 0 Å². The van der Waals surface area contributed by atoms with E-state index in [1.807, 2.05) is 13.8 Å². The molecule has 0 aromatic heterocycles. The van der Waals surface area contributed by atoms with Crippen molar-refractivity contribution in [3.8, 4) is 0 Å². The van der Waals surface area contributed by atoms with Gasteiger partial charge in [0.15, 0.2) is 0 Å². The quantitative estimate of drug-likeness (QED) is 0.584. The first kappa shape index (κ1) is 10.5. The predicted molar refractivity (Wildman–Crippen MR) is 49.3 cm³/mol. The third-order valence-corrected chi connectivity index (χ3v) is 2.82. The monoisotopic (exact) mass is 186 g/mol. The number of rotatable bonds is 1. The summed E-state index contributed by atoms with van der Waals surface area (Å²) in [4.78, 5) is 11.5. The minimum Gasteiger partial charge on any atom is -0.469 e. The van der Waals surface area contributed by atoms with Crippen LogP contribution in [0.15, 0.2) is 0 Å². The molecule has 3 heteroatoms. The molecule has 76 valence electrons. The maximum Gasteiger partial charge on any atom is 0.311 e. The third-order valence-electron chi connectivity index (χ3n) is 2.82. The molecule has 1 rings (SSSR count). The van der Waals surface area contributed by atoms with Gasteiger partial charge in [0.25, 0.3) is 0 Å². The number of hydrogen-bond donors (Lipinski definition) is 0. The van der Waals surface area contributed by atoms with Gasteiger partial charge in [-0.05, 0) is 26.2 Å². The van der Waals surface area contributed by atoms with Crippen LogP contribution in [0.2, 0.25) is 0 Å². The van der Waals surface area contributed by atoms with Crippen LogP contribution < -0.4 is 0 Å². The van der Waals surface area contributed by atoms with Crippen molar-refractivity contribution in [2.24, 2.45) is 11.8 Å². The molecule has 0 aliphatic carbocycles. The standard InChI is InChI=1S/C10H18O3/c1-7-5-6-13-10(2,3)8(7)9(11)12-4/h7-8H,5-6H2,1-4H3/t7-,8-/m1/s1. The van der Waals surface area contributed by atoms with Crippen molar-refractivity contribution in [2.75, 3.05) is 13.7 Å². The Balaban J connectivity index is 2.80. The molecule has 1 fully saturated rings. The van der Waals surface area contributed by atoms with E-state index in [0.717, 1.165) is 13.0 Å². The molecule has 3 nitrogen and oxygen atoms in total. The van der Waals surface area contributed by atoms with Gasteiger partial charge in [0, 0.05) is 6.61 Å². The van der Waals surface area contributed by atoms with Gasteiger partial charge in [0.05, 0.1) is 18.6 Å². The van der Waals surface area contributed by atoms with E-state index in [0.29, 0.717) is 5.92 Å². The molecule has 0 bridgehead atoms. The average Bonchev–Trinajstić information content (AvgIpc) is 2.02. The largest absolute Gasteiger partial charge is 0.469 e. The third kappa shape index (κ3) is 2.02. The molecule has 13 heavy (non-hydrogen) atoms. The van der Waals surface area contributed by atoms with E-state index in [4.69, 9.17) is 9.47 Å². The lowest BCUT2D eigenvalue weighted by Crippen LogP contribution is -2.47. The van der Waals surface area contributed by atoms with Crippen molar-refractivity contribution in [3.05, 3.63) is 0 Å². The van der Waals surface area contributed by atoms with Crippen molar-refractivity contribution < 1.29 is 14.3 Å². The van der Waals surface area contributed by atoms with Crippen molar-refractivity contribution in [1.82, 2.24) is 0 Å². The second kappa shape index (κ2) is 3.66. The zero-order chi connectivity index (χ0) is 10.1. The number of methoxy groups -OCH3 is 1. The van der Waals surface area contributed by atoms with Gasteiger partial charge >= 0.3 is 5.97 Å². The SMILES string of the molecule is COC(=O)[C@H]1[C@H](C)CCOC1(C)C. The molecular weight excluding hydrogens is 168 g/mol. The maximum atomic E-state index is 11.5. The lowest BCUT2D eigenvalue weighted by molar-refractivity contribution is -0.172. The number of carbonyl (C=O) groups is 1. The van der Waals surface area contributed by atoms with Crippen LogP contribution in [0.4, 0.5) is 0 Å². The Hall–Kier alpha value is -0.570. The van der Waals surface area contributed by atoms with Gasteiger partial charge in [-0.3, -0.25) is 4.79 Å². The topological polar surface area (TPSA) is 35.5 Å². The van der Waals surface area contributed by atoms with Gasteiger partial charge in [-0.1, -0.05) is 6.92 Å². The molecule has 0 N–H and O–H groups in total. The van der Waals surface area contributed by atoms with Gasteiger partial charge in [0.2, 0.25) is 0 Å². The molecule has 0 unspecified atom stereocenters. The summed E-state index contributed by atoms with van der Waals surface area (Å²) in [6.45, 7) is 6.71. The fourth-order valence-electron chi connectivity index (χ4n) is 2.09. The Labute approximate surface area is 79.4 Å². The van der Waals surface area contributed by atoms with Crippen molar-refractivity contribution in [2.45, 2.75) is 32.8 Å². The Morgan fingerprint density at radius 1 is 1.54 bits per heavy atom. The maximum absolute atomic E-state index is 11.5. The number of esters is 1. The van der Waals surface area contributed by atoms with Gasteiger partial charge in [-0.2, -0.15) is 0 Å². The van der Waals surface area contributed by atoms with Crippen molar-refractivity contribution in [1.29, 1.82) is 0 Å². The Bertz CT molecular complexity index is 198. The molecule has 0 amide bonds. The van der Waals surface area contributed by atoms with E-state index in [1.165, 1.54) is 7.11 Å². The number of ether oxygens (including phenoxy) is 2. The van der Waals surface area contributed by atoms with E-state index >= 15 is 0 Å². The smallest absolute Gasteiger partial charge is 0.311 e. The van der Waals surface area contributed by atoms with E-state index in [1.54, 1.807) is 0 Å². The zero-order valence-corrected chi connectivity index (χ0v) is 8.79. The second-order valence-corrected chi connectivity index (χ2v) is 4.22. The minimum atomic E-state index is -0.384. The fraction of sp³-hybridized carbons (Fsp3) is 0.900. The van der Waals surface area contributed by atoms with Gasteiger partial charge < -0.3 is 9.47 Å². The van der Waals surface area contributed by atoms with Crippen LogP contribution in [0.5, 0.6) is 0 Å². The molecule has 0 aromatic rings. The molecule has 0 aromatic carbocycles. The summed E-state index contributed by atoms with van der Waals surface area (Å²) in [7, 11) is 1.43. The van der Waals surface area contributed by atoms with Gasteiger partial charge in [0.1, 0.15) is 0 Å². The summed E-state index contributed by atoms with van der Waals surface area (Å²) in [5.74, 6) is 0.0552. The zero-order valence-electron chi connectivity index (χ0n) is 8.79. The fourth-order valence-corrected chi connectivity index (χ4v) is 2.09. The number of hydrogen-bond acceptors (Lipinski definition) is 3. The molecule has 0 spiro atoms. The summed E-state index contributed by atoms with van der Waals surface area (Å²) in [6.07, 6.45) is 0.934. The lowest BCUT2D eigenvalue weighted by Gasteiger charge is -2.40. The van der Waals surface area contributed by atoms with Crippen molar-refractivity contribution in [3.63, 3.8) is 0 Å². The van der Waals surface area contributed by atoms with Crippen LogP contribution in [0.25, 0.3) is 0 Å². The molecule has 1 saturated heterocycles. The predicted octanol–water partition coefficient (Wildman–Crippen LogP) is 1.61. The van der Waals surface area contributed by atoms with E-state index in [2.05, 4.69) is 6.92 Å². The van der Waals surface area contributed by atoms with Crippen LogP contribution in [0, 0.1) is 11.8 Å². The summed E-state index contributed by atoms with van der Waals surface area (Å²) < 4.78 is 10.3. The Morgan fingerprint density at radius 3 is 2.62 bits per heavy atom. The number of carbonyl (C=O) groups excluding carboxylic acids is 1. The van der Waals surface area contributed by atoms with Crippen LogP contribution in [0.3, 0.4) is 0 Å². The highest BCUT2D eigenvalue weighted by Crippen LogP contribution is 2.35. The summed E-state index contributed by atoms with van der Waals surface area (Å²) in [6, 6.07) is 0. The van der Waals surface area contributed by atoms with Crippen molar-refractivity contribution >= 4 is 5.97 Å². The molecular formula is C10H18O3. The molecule has 0 saturated carbocycles. The first-order chi connectivity index (χ1) is 5.99.